The Labute approximate surface area is 211 Å². The Morgan fingerprint density at radius 2 is 1.53 bits per heavy atom. The van der Waals surface area contributed by atoms with E-state index in [1.807, 2.05) is 30.3 Å². The summed E-state index contributed by atoms with van der Waals surface area (Å²) in [5.41, 5.74) is 2.85. The Bertz CT molecular complexity index is 1190. The van der Waals surface area contributed by atoms with Gasteiger partial charge in [-0.1, -0.05) is 12.1 Å². The van der Waals surface area contributed by atoms with Crippen LogP contribution in [0.3, 0.4) is 0 Å². The fourth-order valence-electron chi connectivity index (χ4n) is 4.12. The van der Waals surface area contributed by atoms with E-state index in [1.54, 1.807) is 36.4 Å². The van der Waals surface area contributed by atoms with Gasteiger partial charge in [0.15, 0.2) is 18.1 Å². The van der Waals surface area contributed by atoms with Crippen molar-refractivity contribution in [3.05, 3.63) is 72.3 Å². The maximum atomic E-state index is 12.8. The second kappa shape index (κ2) is 12.0. The third-order valence-electron chi connectivity index (χ3n) is 6.01. The summed E-state index contributed by atoms with van der Waals surface area (Å²) in [7, 11) is 3.02. The highest BCUT2D eigenvalue weighted by molar-refractivity contribution is 6.04. The summed E-state index contributed by atoms with van der Waals surface area (Å²) in [6.07, 6.45) is 3.72. The molecule has 1 aliphatic heterocycles. The number of ether oxygens (including phenoxy) is 3. The van der Waals surface area contributed by atoms with Gasteiger partial charge in [0.2, 0.25) is 0 Å². The molecule has 36 heavy (non-hydrogen) atoms. The lowest BCUT2D eigenvalue weighted by atomic mass is 10.1. The van der Waals surface area contributed by atoms with Crippen molar-refractivity contribution in [2.75, 3.05) is 49.4 Å². The lowest BCUT2D eigenvalue weighted by molar-refractivity contribution is -0.118. The van der Waals surface area contributed by atoms with Crippen LogP contribution in [0.1, 0.15) is 29.6 Å². The number of hydrogen-bond acceptors (Lipinski definition) is 6. The number of carbonyl (C=O) groups excluding carboxylic acids is 2. The van der Waals surface area contributed by atoms with E-state index in [2.05, 4.69) is 15.5 Å². The van der Waals surface area contributed by atoms with Crippen molar-refractivity contribution in [3.8, 4) is 17.2 Å². The predicted octanol–water partition coefficient (Wildman–Crippen LogP) is 4.96. The number of piperidine rings is 1. The average molecular weight is 490 g/mol. The highest BCUT2D eigenvalue weighted by atomic mass is 16.5. The molecule has 3 aromatic rings. The molecule has 1 heterocycles. The second-order valence-corrected chi connectivity index (χ2v) is 8.45. The van der Waals surface area contributed by atoms with Gasteiger partial charge in [-0.3, -0.25) is 9.59 Å². The first-order valence-electron chi connectivity index (χ1n) is 12.0. The van der Waals surface area contributed by atoms with Crippen LogP contribution in [0.5, 0.6) is 17.2 Å². The zero-order valence-corrected chi connectivity index (χ0v) is 20.6. The number of nitrogens with zero attached hydrogens (tertiary/aromatic N) is 1. The van der Waals surface area contributed by atoms with Gasteiger partial charge < -0.3 is 29.7 Å². The number of methoxy groups -OCH3 is 2. The van der Waals surface area contributed by atoms with Crippen molar-refractivity contribution in [1.82, 2.24) is 0 Å². The molecule has 0 saturated carbocycles. The van der Waals surface area contributed by atoms with Gasteiger partial charge >= 0.3 is 0 Å². The number of rotatable bonds is 9. The van der Waals surface area contributed by atoms with Gasteiger partial charge in [-0.2, -0.15) is 0 Å². The predicted molar refractivity (Wildman–Crippen MR) is 141 cm³/mol. The molecule has 1 fully saturated rings. The molecule has 1 aliphatic rings. The highest BCUT2D eigenvalue weighted by Crippen LogP contribution is 2.29. The first kappa shape index (κ1) is 24.9. The molecule has 8 nitrogen and oxygen atoms in total. The van der Waals surface area contributed by atoms with Crippen molar-refractivity contribution >= 4 is 28.9 Å². The van der Waals surface area contributed by atoms with Gasteiger partial charge in [0.1, 0.15) is 5.75 Å². The monoisotopic (exact) mass is 489 g/mol. The summed E-state index contributed by atoms with van der Waals surface area (Å²) < 4.78 is 16.3. The molecule has 8 heteroatoms. The molecule has 0 bridgehead atoms. The number of nitrogens with one attached hydrogen (secondary N) is 2. The van der Waals surface area contributed by atoms with Gasteiger partial charge in [-0.15, -0.1) is 0 Å². The Morgan fingerprint density at radius 3 is 2.25 bits per heavy atom. The van der Waals surface area contributed by atoms with Crippen molar-refractivity contribution in [2.45, 2.75) is 19.3 Å². The van der Waals surface area contributed by atoms with Crippen molar-refractivity contribution < 1.29 is 23.8 Å². The van der Waals surface area contributed by atoms with Crippen LogP contribution >= 0.6 is 0 Å². The minimum atomic E-state index is -0.351. The first-order chi connectivity index (χ1) is 17.6. The smallest absolute Gasteiger partial charge is 0.262 e. The first-order valence-corrected chi connectivity index (χ1v) is 12.0. The third-order valence-corrected chi connectivity index (χ3v) is 6.01. The van der Waals surface area contributed by atoms with Crippen molar-refractivity contribution in [3.63, 3.8) is 0 Å². The molecule has 0 aromatic heterocycles. The normalized spacial score (nSPS) is 13.0. The zero-order valence-electron chi connectivity index (χ0n) is 20.6. The van der Waals surface area contributed by atoms with E-state index in [4.69, 9.17) is 14.2 Å². The molecule has 3 aromatic carbocycles. The van der Waals surface area contributed by atoms with Gasteiger partial charge in [0.25, 0.3) is 11.8 Å². The molecule has 188 valence electrons. The fourth-order valence-corrected chi connectivity index (χ4v) is 4.12. The molecule has 2 N–H and O–H groups in total. The lowest BCUT2D eigenvalue weighted by Crippen LogP contribution is -2.29. The Kier molecular flexibility index (Phi) is 8.28. The molecular formula is C28H31N3O5. The van der Waals surface area contributed by atoms with Gasteiger partial charge in [0.05, 0.1) is 19.9 Å². The lowest BCUT2D eigenvalue weighted by Gasteiger charge is -2.28. The summed E-state index contributed by atoms with van der Waals surface area (Å²) in [5, 5.41) is 5.67. The maximum absolute atomic E-state index is 12.8. The fraction of sp³-hybridized carbons (Fsp3) is 0.286. The quantitative estimate of drug-likeness (QED) is 0.442. The van der Waals surface area contributed by atoms with E-state index >= 15 is 0 Å². The largest absolute Gasteiger partial charge is 0.495 e. The number of para-hydroxylation sites is 2. The Morgan fingerprint density at radius 1 is 0.806 bits per heavy atom. The van der Waals surface area contributed by atoms with Crippen LogP contribution in [0.15, 0.2) is 66.7 Å². The number of benzene rings is 3. The summed E-state index contributed by atoms with van der Waals surface area (Å²) >= 11 is 0. The molecule has 0 radical (unpaired) electrons. The SMILES string of the molecule is COc1ccccc1NC(=O)COc1ccc(C(=O)Nc2ccc(N3CCCCC3)cc2)cc1OC. The van der Waals surface area contributed by atoms with Crippen LogP contribution in [0.4, 0.5) is 17.1 Å². The van der Waals surface area contributed by atoms with E-state index in [-0.39, 0.29) is 18.4 Å². The number of amides is 2. The van der Waals surface area contributed by atoms with Gasteiger partial charge in [-0.25, -0.2) is 0 Å². The molecule has 0 unspecified atom stereocenters. The topological polar surface area (TPSA) is 89.1 Å². The van der Waals surface area contributed by atoms with Crippen LogP contribution in [0, 0.1) is 0 Å². The maximum Gasteiger partial charge on any atom is 0.262 e. The summed E-state index contributed by atoms with van der Waals surface area (Å²) in [5.74, 6) is 0.652. The molecule has 0 atom stereocenters. The van der Waals surface area contributed by atoms with Crippen LogP contribution < -0.4 is 29.7 Å². The second-order valence-electron chi connectivity index (χ2n) is 8.45. The Balaban J connectivity index is 1.35. The van der Waals surface area contributed by atoms with Crippen LogP contribution in [-0.4, -0.2) is 45.7 Å². The highest BCUT2D eigenvalue weighted by Gasteiger charge is 2.15. The van der Waals surface area contributed by atoms with Gasteiger partial charge in [-0.05, 0) is 73.9 Å². The standard InChI is InChI=1S/C28H31N3O5/c1-34-24-9-5-4-8-23(24)30-27(32)19-36-25-15-10-20(18-26(25)35-2)28(33)29-21-11-13-22(14-12-21)31-16-6-3-7-17-31/h4-5,8-15,18H,3,6-7,16-17,19H2,1-2H3,(H,29,33)(H,30,32). The zero-order chi connectivity index (χ0) is 25.3. The van der Waals surface area contributed by atoms with Gasteiger partial charge in [0, 0.05) is 30.0 Å². The van der Waals surface area contributed by atoms with Crippen LogP contribution in [0.2, 0.25) is 0 Å². The molecular weight excluding hydrogens is 458 g/mol. The minimum Gasteiger partial charge on any atom is -0.495 e. The summed E-state index contributed by atoms with van der Waals surface area (Å²) in [6.45, 7) is 1.91. The minimum absolute atomic E-state index is 0.233. The Hall–Kier alpha value is -4.20. The average Bonchev–Trinajstić information content (AvgIpc) is 2.93. The van der Waals surface area contributed by atoms with E-state index in [0.29, 0.717) is 34.2 Å². The summed E-state index contributed by atoms with van der Waals surface area (Å²) in [6, 6.07) is 19.9. The summed E-state index contributed by atoms with van der Waals surface area (Å²) in [4.78, 5) is 27.5. The molecule has 1 saturated heterocycles. The molecule has 0 spiro atoms. The van der Waals surface area contributed by atoms with E-state index < -0.39 is 0 Å². The number of hydrogen-bond donors (Lipinski definition) is 2. The molecule has 0 aliphatic carbocycles. The number of anilines is 3. The van der Waals surface area contributed by atoms with Crippen LogP contribution in [0.25, 0.3) is 0 Å². The molecule has 4 rings (SSSR count). The third kappa shape index (κ3) is 6.27. The van der Waals surface area contributed by atoms with Crippen molar-refractivity contribution in [1.29, 1.82) is 0 Å². The van der Waals surface area contributed by atoms with Crippen molar-refractivity contribution in [2.24, 2.45) is 0 Å². The van der Waals surface area contributed by atoms with E-state index in [9.17, 15) is 9.59 Å². The molecule has 2 amide bonds. The van der Waals surface area contributed by atoms with Crippen LogP contribution in [-0.2, 0) is 4.79 Å². The van der Waals surface area contributed by atoms with E-state index in [1.165, 1.54) is 39.2 Å². The van der Waals surface area contributed by atoms with E-state index in [0.717, 1.165) is 13.1 Å². The number of carbonyl (C=O) groups is 2.